The SMILES string of the molecule is Cc1cc([C@@H](C)Nc2ccc(Cl)nc2C(=O)O)c2nc(C3CCC3)n(C)c(=O)c2c1. The van der Waals surface area contributed by atoms with Crippen molar-refractivity contribution in [2.45, 2.75) is 45.1 Å². The molecule has 1 saturated carbocycles. The Hall–Kier alpha value is -2.93. The highest BCUT2D eigenvalue weighted by atomic mass is 35.5. The van der Waals surface area contributed by atoms with Gasteiger partial charge in [0.1, 0.15) is 11.0 Å². The maximum atomic E-state index is 13.1. The maximum absolute atomic E-state index is 13.1. The summed E-state index contributed by atoms with van der Waals surface area (Å²) >= 11 is 5.86. The van der Waals surface area contributed by atoms with Crippen LogP contribution in [-0.4, -0.2) is 25.6 Å². The first-order chi connectivity index (χ1) is 14.3. The first kappa shape index (κ1) is 20.3. The average Bonchev–Trinajstić information content (AvgIpc) is 2.65. The highest BCUT2D eigenvalue weighted by Crippen LogP contribution is 2.36. The number of hydrogen-bond donors (Lipinski definition) is 2. The lowest BCUT2D eigenvalue weighted by atomic mass is 9.84. The minimum Gasteiger partial charge on any atom is -0.476 e. The number of aromatic nitrogens is 3. The van der Waals surface area contributed by atoms with Crippen LogP contribution in [0.1, 0.15) is 65.6 Å². The molecule has 156 valence electrons. The molecule has 1 fully saturated rings. The Morgan fingerprint density at radius 3 is 2.67 bits per heavy atom. The molecule has 0 bridgehead atoms. The molecule has 0 saturated heterocycles. The van der Waals surface area contributed by atoms with Crippen LogP contribution < -0.4 is 10.9 Å². The molecule has 4 rings (SSSR count). The fourth-order valence-corrected chi connectivity index (χ4v) is 4.10. The van der Waals surface area contributed by atoms with Gasteiger partial charge in [0.15, 0.2) is 5.69 Å². The number of aryl methyl sites for hydroxylation is 1. The van der Waals surface area contributed by atoms with Crippen molar-refractivity contribution in [3.63, 3.8) is 0 Å². The number of benzene rings is 1. The van der Waals surface area contributed by atoms with Crippen LogP contribution >= 0.6 is 11.6 Å². The molecule has 1 aromatic carbocycles. The third-order valence-electron chi connectivity index (χ3n) is 5.76. The number of fused-ring (bicyclic) bond motifs is 1. The van der Waals surface area contributed by atoms with E-state index in [1.165, 1.54) is 0 Å². The van der Waals surface area contributed by atoms with Gasteiger partial charge in [0.2, 0.25) is 0 Å². The van der Waals surface area contributed by atoms with Crippen LogP contribution in [0, 0.1) is 6.92 Å². The molecule has 0 aliphatic heterocycles. The van der Waals surface area contributed by atoms with Crippen LogP contribution in [0.25, 0.3) is 10.9 Å². The van der Waals surface area contributed by atoms with E-state index in [2.05, 4.69) is 10.3 Å². The fourth-order valence-electron chi connectivity index (χ4n) is 3.96. The summed E-state index contributed by atoms with van der Waals surface area (Å²) in [6, 6.07) is 6.68. The molecule has 1 atom stereocenters. The van der Waals surface area contributed by atoms with Crippen LogP contribution in [0.3, 0.4) is 0 Å². The fraction of sp³-hybridized carbons (Fsp3) is 0.364. The van der Waals surface area contributed by atoms with Gasteiger partial charge in [0, 0.05) is 18.5 Å². The van der Waals surface area contributed by atoms with Crippen LogP contribution in [-0.2, 0) is 7.05 Å². The third kappa shape index (κ3) is 3.54. The van der Waals surface area contributed by atoms with Crippen molar-refractivity contribution in [3.05, 3.63) is 62.4 Å². The lowest BCUT2D eigenvalue weighted by Crippen LogP contribution is -2.27. The summed E-state index contributed by atoms with van der Waals surface area (Å²) in [6.45, 7) is 3.85. The standard InChI is InChI=1S/C22H23ClN4O3/c1-11-9-14(12(2)24-16-7-8-17(23)25-19(16)22(29)30)18-15(10-11)21(28)27(3)20(26-18)13-5-4-6-13/h7-10,12-13,24H,4-6H2,1-3H3,(H,29,30)/t12-/m1/s1. The number of anilines is 1. The first-order valence-electron chi connectivity index (χ1n) is 9.93. The Morgan fingerprint density at radius 1 is 1.30 bits per heavy atom. The second-order valence-corrected chi connectivity index (χ2v) is 8.30. The number of nitrogens with one attached hydrogen (secondary N) is 1. The van der Waals surface area contributed by atoms with Crippen molar-refractivity contribution in [1.82, 2.24) is 14.5 Å². The molecule has 1 aliphatic rings. The predicted molar refractivity (Wildman–Crippen MR) is 117 cm³/mol. The maximum Gasteiger partial charge on any atom is 0.356 e. The largest absolute Gasteiger partial charge is 0.476 e. The number of rotatable bonds is 5. The smallest absolute Gasteiger partial charge is 0.356 e. The minimum absolute atomic E-state index is 0.0570. The normalized spacial score (nSPS) is 15.1. The molecular formula is C22H23ClN4O3. The van der Waals surface area contributed by atoms with E-state index in [9.17, 15) is 14.7 Å². The topological polar surface area (TPSA) is 97.1 Å². The first-order valence-corrected chi connectivity index (χ1v) is 10.3. The number of carboxylic acids is 1. The van der Waals surface area contributed by atoms with E-state index in [1.54, 1.807) is 23.7 Å². The lowest BCUT2D eigenvalue weighted by molar-refractivity contribution is 0.0691. The van der Waals surface area contributed by atoms with Gasteiger partial charge in [-0.1, -0.05) is 24.1 Å². The van der Waals surface area contributed by atoms with Gasteiger partial charge in [-0.25, -0.2) is 14.8 Å². The summed E-state index contributed by atoms with van der Waals surface area (Å²) in [4.78, 5) is 33.5. The molecule has 7 nitrogen and oxygen atoms in total. The molecule has 2 aromatic heterocycles. The van der Waals surface area contributed by atoms with Gasteiger partial charge in [-0.05, 0) is 50.5 Å². The molecule has 1 aliphatic carbocycles. The van der Waals surface area contributed by atoms with Crippen LogP contribution in [0.15, 0.2) is 29.1 Å². The average molecular weight is 427 g/mol. The van der Waals surface area contributed by atoms with Gasteiger partial charge in [0.25, 0.3) is 5.56 Å². The van der Waals surface area contributed by atoms with Crippen molar-refractivity contribution in [2.75, 3.05) is 5.32 Å². The summed E-state index contributed by atoms with van der Waals surface area (Å²) in [5.41, 5.74) is 2.59. The number of nitrogens with zero attached hydrogens (tertiary/aromatic N) is 3. The molecule has 0 spiro atoms. The summed E-state index contributed by atoms with van der Waals surface area (Å²) in [5.74, 6) is -0.0420. The number of pyridine rings is 1. The van der Waals surface area contributed by atoms with Gasteiger partial charge < -0.3 is 10.4 Å². The molecule has 2 heterocycles. The zero-order valence-electron chi connectivity index (χ0n) is 17.1. The van der Waals surface area contributed by atoms with E-state index >= 15 is 0 Å². The number of hydrogen-bond acceptors (Lipinski definition) is 5. The van der Waals surface area contributed by atoms with Gasteiger partial charge in [-0.15, -0.1) is 0 Å². The monoisotopic (exact) mass is 426 g/mol. The quantitative estimate of drug-likeness (QED) is 0.586. The number of halogens is 1. The molecule has 0 unspecified atom stereocenters. The number of carboxylic acid groups (broad SMARTS) is 1. The van der Waals surface area contributed by atoms with E-state index in [1.807, 2.05) is 26.0 Å². The zero-order valence-corrected chi connectivity index (χ0v) is 17.8. The molecule has 0 radical (unpaired) electrons. The third-order valence-corrected chi connectivity index (χ3v) is 5.97. The van der Waals surface area contributed by atoms with Crippen molar-refractivity contribution in [1.29, 1.82) is 0 Å². The van der Waals surface area contributed by atoms with Crippen LogP contribution in [0.2, 0.25) is 5.15 Å². The molecular weight excluding hydrogens is 404 g/mol. The van der Waals surface area contributed by atoms with E-state index in [0.717, 1.165) is 36.2 Å². The van der Waals surface area contributed by atoms with Gasteiger partial charge in [0.05, 0.1) is 22.6 Å². The van der Waals surface area contributed by atoms with Crippen molar-refractivity contribution >= 4 is 34.2 Å². The van der Waals surface area contributed by atoms with Gasteiger partial charge in [-0.2, -0.15) is 0 Å². The van der Waals surface area contributed by atoms with Gasteiger partial charge >= 0.3 is 5.97 Å². The minimum atomic E-state index is -1.17. The van der Waals surface area contributed by atoms with Crippen molar-refractivity contribution in [2.24, 2.45) is 7.05 Å². The van der Waals surface area contributed by atoms with E-state index in [0.29, 0.717) is 22.5 Å². The summed E-state index contributed by atoms with van der Waals surface area (Å²) in [5, 5.41) is 13.4. The number of aromatic carboxylic acids is 1. The van der Waals surface area contributed by atoms with Crippen LogP contribution in [0.5, 0.6) is 0 Å². The Bertz CT molecular complexity index is 1220. The summed E-state index contributed by atoms with van der Waals surface area (Å²) in [7, 11) is 1.78. The summed E-state index contributed by atoms with van der Waals surface area (Å²) in [6.07, 6.45) is 3.23. The zero-order chi connectivity index (χ0) is 21.6. The highest BCUT2D eigenvalue weighted by Gasteiger charge is 2.26. The van der Waals surface area contributed by atoms with E-state index < -0.39 is 5.97 Å². The Labute approximate surface area is 178 Å². The van der Waals surface area contributed by atoms with Crippen molar-refractivity contribution in [3.8, 4) is 0 Å². The number of carbonyl (C=O) groups is 1. The molecule has 8 heteroatoms. The second-order valence-electron chi connectivity index (χ2n) is 7.91. The Balaban J connectivity index is 1.83. The molecule has 3 aromatic rings. The van der Waals surface area contributed by atoms with E-state index in [-0.39, 0.29) is 22.4 Å². The van der Waals surface area contributed by atoms with Gasteiger partial charge in [-0.3, -0.25) is 9.36 Å². The Kier molecular flexibility index (Phi) is 5.24. The predicted octanol–water partition coefficient (Wildman–Crippen LogP) is 4.43. The second kappa shape index (κ2) is 7.72. The molecule has 0 amide bonds. The van der Waals surface area contributed by atoms with Crippen molar-refractivity contribution < 1.29 is 9.90 Å². The molecule has 30 heavy (non-hydrogen) atoms. The van der Waals surface area contributed by atoms with E-state index in [4.69, 9.17) is 16.6 Å². The highest BCUT2D eigenvalue weighted by molar-refractivity contribution is 6.29. The van der Waals surface area contributed by atoms with Crippen LogP contribution in [0.4, 0.5) is 5.69 Å². The molecule has 2 N–H and O–H groups in total. The lowest BCUT2D eigenvalue weighted by Gasteiger charge is -2.27. The summed E-state index contributed by atoms with van der Waals surface area (Å²) < 4.78 is 1.67. The Morgan fingerprint density at radius 2 is 2.03 bits per heavy atom.